The largest absolute Gasteiger partial charge is 0.461 e. The van der Waals surface area contributed by atoms with Gasteiger partial charge in [0.2, 0.25) is 0 Å². The molecule has 0 unspecified atom stereocenters. The van der Waals surface area contributed by atoms with Gasteiger partial charge in [-0.3, -0.25) is 4.79 Å². The number of anilines is 1. The van der Waals surface area contributed by atoms with Gasteiger partial charge in [-0.25, -0.2) is 0 Å². The van der Waals surface area contributed by atoms with Crippen LogP contribution in [0, 0.1) is 28.6 Å². The number of amides is 1. The smallest absolute Gasteiger partial charge is 0.266 e. The van der Waals surface area contributed by atoms with E-state index in [9.17, 15) is 10.1 Å². The predicted molar refractivity (Wildman–Crippen MR) is 88.6 cm³/mol. The summed E-state index contributed by atoms with van der Waals surface area (Å²) in [6.45, 7) is 2.16. The normalized spacial score (nSPS) is 19.2. The Bertz CT molecular complexity index is 879. The molecule has 2 atom stereocenters. The van der Waals surface area contributed by atoms with Gasteiger partial charge in [0, 0.05) is 17.7 Å². The highest BCUT2D eigenvalue weighted by Gasteiger charge is 2.36. The summed E-state index contributed by atoms with van der Waals surface area (Å²) in [5.74, 6) is 1.96. The maximum atomic E-state index is 12.2. The summed E-state index contributed by atoms with van der Waals surface area (Å²) in [4.78, 5) is 12.2. The van der Waals surface area contributed by atoms with Gasteiger partial charge in [-0.05, 0) is 48.7 Å². The summed E-state index contributed by atoms with van der Waals surface area (Å²) in [6, 6.07) is 14.0. The Morgan fingerprint density at radius 2 is 1.96 bits per heavy atom. The third-order valence-corrected chi connectivity index (χ3v) is 4.05. The van der Waals surface area contributed by atoms with E-state index in [-0.39, 0.29) is 5.57 Å². The number of hydrogen-bond donors (Lipinski definition) is 1. The number of carbonyl (C=O) groups is 1. The maximum absolute atomic E-state index is 12.2. The number of carbonyl (C=O) groups excluding carboxylic acids is 1. The van der Waals surface area contributed by atoms with E-state index in [2.05, 4.69) is 12.2 Å². The first kappa shape index (κ1) is 15.6. The summed E-state index contributed by atoms with van der Waals surface area (Å²) >= 11 is 0. The third kappa shape index (κ3) is 3.37. The molecule has 118 valence electrons. The average molecular weight is 317 g/mol. The third-order valence-electron chi connectivity index (χ3n) is 4.05. The van der Waals surface area contributed by atoms with Gasteiger partial charge in [-0.2, -0.15) is 10.5 Å². The number of nitrogens with zero attached hydrogens (tertiary/aromatic N) is 2. The number of hydrogen-bond acceptors (Lipinski definition) is 4. The fraction of sp³-hybridized carbons (Fsp3) is 0.211. The molecule has 24 heavy (non-hydrogen) atoms. The maximum Gasteiger partial charge on any atom is 0.266 e. The molecule has 0 spiro atoms. The zero-order valence-electron chi connectivity index (χ0n) is 13.1. The van der Waals surface area contributed by atoms with Crippen molar-refractivity contribution < 1.29 is 9.21 Å². The van der Waals surface area contributed by atoms with Crippen LogP contribution < -0.4 is 5.32 Å². The first-order valence-corrected chi connectivity index (χ1v) is 7.63. The minimum Gasteiger partial charge on any atom is -0.461 e. The second-order valence-corrected chi connectivity index (χ2v) is 5.87. The van der Waals surface area contributed by atoms with Crippen molar-refractivity contribution in [3.05, 3.63) is 59.1 Å². The van der Waals surface area contributed by atoms with Crippen molar-refractivity contribution in [2.75, 3.05) is 5.32 Å². The molecule has 1 N–H and O–H groups in total. The van der Waals surface area contributed by atoms with Crippen molar-refractivity contribution in [2.45, 2.75) is 19.3 Å². The van der Waals surface area contributed by atoms with E-state index < -0.39 is 5.91 Å². The van der Waals surface area contributed by atoms with E-state index in [0.29, 0.717) is 28.8 Å². The van der Waals surface area contributed by atoms with E-state index in [0.717, 1.165) is 12.2 Å². The van der Waals surface area contributed by atoms with Gasteiger partial charge in [-0.15, -0.1) is 0 Å². The number of nitrogens with one attached hydrogen (secondary N) is 1. The monoisotopic (exact) mass is 317 g/mol. The summed E-state index contributed by atoms with van der Waals surface area (Å²) in [6.07, 6.45) is 2.55. The lowest BCUT2D eigenvalue weighted by atomic mass is 10.2. The first-order valence-electron chi connectivity index (χ1n) is 7.63. The Morgan fingerprint density at radius 3 is 2.54 bits per heavy atom. The van der Waals surface area contributed by atoms with Crippen LogP contribution in [0.3, 0.4) is 0 Å². The van der Waals surface area contributed by atoms with E-state index in [1.807, 2.05) is 18.2 Å². The van der Waals surface area contributed by atoms with Crippen molar-refractivity contribution in [3.63, 3.8) is 0 Å². The molecule has 5 heteroatoms. The van der Waals surface area contributed by atoms with Crippen LogP contribution in [-0.4, -0.2) is 5.91 Å². The van der Waals surface area contributed by atoms with Crippen molar-refractivity contribution in [3.8, 4) is 12.1 Å². The van der Waals surface area contributed by atoms with Gasteiger partial charge in [0.05, 0.1) is 11.6 Å². The molecule has 1 saturated carbocycles. The van der Waals surface area contributed by atoms with E-state index in [1.165, 1.54) is 6.08 Å². The van der Waals surface area contributed by atoms with Crippen molar-refractivity contribution in [1.29, 1.82) is 10.5 Å². The average Bonchev–Trinajstić information content (AvgIpc) is 3.14. The van der Waals surface area contributed by atoms with Crippen LogP contribution in [0.4, 0.5) is 5.69 Å². The highest BCUT2D eigenvalue weighted by Crippen LogP contribution is 2.47. The molecule has 5 nitrogen and oxygen atoms in total. The fourth-order valence-corrected chi connectivity index (χ4v) is 2.48. The zero-order chi connectivity index (χ0) is 17.1. The van der Waals surface area contributed by atoms with Gasteiger partial charge in [0.15, 0.2) is 0 Å². The predicted octanol–water partition coefficient (Wildman–Crippen LogP) is 3.82. The molecule has 0 saturated heterocycles. The minimum atomic E-state index is -0.514. The number of rotatable bonds is 4. The minimum absolute atomic E-state index is 0.0379. The number of furan rings is 1. The van der Waals surface area contributed by atoms with Crippen LogP contribution in [0.15, 0.2) is 46.4 Å². The highest BCUT2D eigenvalue weighted by atomic mass is 16.3. The topological polar surface area (TPSA) is 89.8 Å². The molecule has 1 aliphatic carbocycles. The fourth-order valence-electron chi connectivity index (χ4n) is 2.48. The van der Waals surface area contributed by atoms with Crippen LogP contribution in [0.5, 0.6) is 0 Å². The molecular weight excluding hydrogens is 302 g/mol. The van der Waals surface area contributed by atoms with Gasteiger partial charge in [-0.1, -0.05) is 6.92 Å². The molecule has 1 amide bonds. The van der Waals surface area contributed by atoms with Gasteiger partial charge in [0.1, 0.15) is 23.2 Å². The molecule has 1 aromatic carbocycles. The van der Waals surface area contributed by atoms with Crippen LogP contribution in [0.25, 0.3) is 6.08 Å². The first-order chi connectivity index (χ1) is 11.6. The summed E-state index contributed by atoms with van der Waals surface area (Å²) in [7, 11) is 0. The molecule has 0 aliphatic heterocycles. The molecule has 3 rings (SSSR count). The van der Waals surface area contributed by atoms with Crippen molar-refractivity contribution in [2.24, 2.45) is 5.92 Å². The Morgan fingerprint density at radius 1 is 1.25 bits per heavy atom. The Hall–Kier alpha value is -3.31. The zero-order valence-corrected chi connectivity index (χ0v) is 13.1. The van der Waals surface area contributed by atoms with Crippen LogP contribution >= 0.6 is 0 Å². The Balaban J connectivity index is 1.72. The lowest BCUT2D eigenvalue weighted by Gasteiger charge is -2.03. The molecule has 0 radical (unpaired) electrons. The van der Waals surface area contributed by atoms with Crippen LogP contribution in [0.1, 0.15) is 36.3 Å². The second kappa shape index (κ2) is 6.44. The Kier molecular flexibility index (Phi) is 4.18. The van der Waals surface area contributed by atoms with E-state index in [1.54, 1.807) is 30.3 Å². The summed E-state index contributed by atoms with van der Waals surface area (Å²) in [5, 5.41) is 20.6. The quantitative estimate of drug-likeness (QED) is 0.685. The molecular formula is C19H15N3O2. The van der Waals surface area contributed by atoms with Crippen LogP contribution in [0.2, 0.25) is 0 Å². The number of nitriles is 2. The van der Waals surface area contributed by atoms with Gasteiger partial charge in [0.25, 0.3) is 5.91 Å². The van der Waals surface area contributed by atoms with Gasteiger partial charge >= 0.3 is 0 Å². The molecule has 1 aliphatic rings. The number of benzene rings is 1. The summed E-state index contributed by atoms with van der Waals surface area (Å²) in [5.41, 5.74) is 0.984. The molecule has 0 bridgehead atoms. The molecule has 1 aromatic heterocycles. The molecule has 1 fully saturated rings. The van der Waals surface area contributed by atoms with Crippen molar-refractivity contribution >= 4 is 17.7 Å². The van der Waals surface area contributed by atoms with Crippen LogP contribution in [-0.2, 0) is 4.79 Å². The standard InChI is InChI=1S/C19H15N3O2/c1-12-8-17(12)18-7-6-16(24-18)9-14(11-21)19(23)22-15-4-2-13(10-20)3-5-15/h2-7,9,12,17H,8H2,1H3,(H,22,23)/b14-9+/t12-,17+/m1/s1. The highest BCUT2D eigenvalue weighted by molar-refractivity contribution is 6.09. The van der Waals surface area contributed by atoms with Gasteiger partial charge < -0.3 is 9.73 Å². The SMILES string of the molecule is C[C@@H]1C[C@@H]1c1ccc(/C=C(\C#N)C(=O)Nc2ccc(C#N)cc2)o1. The lowest BCUT2D eigenvalue weighted by Crippen LogP contribution is -2.13. The van der Waals surface area contributed by atoms with E-state index >= 15 is 0 Å². The Labute approximate surface area is 139 Å². The lowest BCUT2D eigenvalue weighted by molar-refractivity contribution is -0.112. The molecule has 2 aromatic rings. The van der Waals surface area contributed by atoms with Crippen molar-refractivity contribution in [1.82, 2.24) is 0 Å². The van der Waals surface area contributed by atoms with E-state index in [4.69, 9.17) is 9.68 Å². The summed E-state index contributed by atoms with van der Waals surface area (Å²) < 4.78 is 5.70. The second-order valence-electron chi connectivity index (χ2n) is 5.87. The molecule has 1 heterocycles.